The van der Waals surface area contributed by atoms with E-state index in [4.69, 9.17) is 0 Å². The quantitative estimate of drug-likeness (QED) is 0.740. The fourth-order valence-corrected chi connectivity index (χ4v) is 3.19. The molecular weight excluding hydrogens is 265 g/mol. The summed E-state index contributed by atoms with van der Waals surface area (Å²) in [5, 5.41) is 3.45. The van der Waals surface area contributed by atoms with Crippen molar-refractivity contribution in [2.45, 2.75) is 12.3 Å². The molecule has 3 aromatic rings. The molecule has 0 aliphatic carbocycles. The van der Waals surface area contributed by atoms with Crippen LogP contribution in [0.1, 0.15) is 17.3 Å². The van der Waals surface area contributed by atoms with E-state index in [-0.39, 0.29) is 11.7 Å². The van der Waals surface area contributed by atoms with Gasteiger partial charge in [0.1, 0.15) is 11.3 Å². The Balaban J connectivity index is 1.78. The molecule has 4 rings (SSSR count). The molecule has 0 radical (unpaired) electrons. The van der Waals surface area contributed by atoms with Crippen LogP contribution in [0, 0.1) is 5.82 Å². The molecule has 2 aromatic carbocycles. The van der Waals surface area contributed by atoms with E-state index < -0.39 is 0 Å². The Hall–Kier alpha value is -2.36. The first-order chi connectivity index (χ1) is 10.2. The summed E-state index contributed by atoms with van der Waals surface area (Å²) in [5.41, 5.74) is 3.80. The van der Waals surface area contributed by atoms with Crippen molar-refractivity contribution in [3.63, 3.8) is 0 Å². The molecule has 1 atom stereocenters. The smallest absolute Gasteiger partial charge is 0.151 e. The van der Waals surface area contributed by atoms with Gasteiger partial charge in [-0.1, -0.05) is 24.3 Å². The van der Waals surface area contributed by atoms with Gasteiger partial charge in [-0.05, 0) is 30.2 Å². The average molecular weight is 281 g/mol. The molecule has 21 heavy (non-hydrogen) atoms. The van der Waals surface area contributed by atoms with E-state index >= 15 is 0 Å². The molecule has 106 valence electrons. The lowest BCUT2D eigenvalue weighted by Gasteiger charge is -2.25. The first kappa shape index (κ1) is 12.4. The Morgan fingerprint density at radius 1 is 1.19 bits per heavy atom. The van der Waals surface area contributed by atoms with Crippen LogP contribution in [-0.2, 0) is 13.5 Å². The van der Waals surface area contributed by atoms with Gasteiger partial charge in [-0.2, -0.15) is 0 Å². The summed E-state index contributed by atoms with van der Waals surface area (Å²) in [6.07, 6.45) is 0.932. The highest BCUT2D eigenvalue weighted by molar-refractivity contribution is 5.76. The van der Waals surface area contributed by atoms with Gasteiger partial charge >= 0.3 is 0 Å². The van der Waals surface area contributed by atoms with Crippen LogP contribution in [0.15, 0.2) is 42.5 Å². The van der Waals surface area contributed by atoms with Gasteiger partial charge in [0.25, 0.3) is 0 Å². The Morgan fingerprint density at radius 3 is 2.90 bits per heavy atom. The second kappa shape index (κ2) is 4.58. The highest BCUT2D eigenvalue weighted by Crippen LogP contribution is 2.31. The van der Waals surface area contributed by atoms with Crippen molar-refractivity contribution in [2.24, 2.45) is 7.05 Å². The molecule has 4 heteroatoms. The van der Waals surface area contributed by atoms with Crippen LogP contribution in [0.5, 0.6) is 0 Å². The standard InChI is InChI=1S/C17H16FN3/c1-21-15-8-4-6-13(18)16(15)20-17(21)12-9-11-5-2-3-7-14(11)19-10-12/h2-8,12,19H,9-10H2,1H3. The molecule has 0 bridgehead atoms. The average Bonchev–Trinajstić information content (AvgIpc) is 2.86. The van der Waals surface area contributed by atoms with Crippen LogP contribution in [0.4, 0.5) is 10.1 Å². The van der Waals surface area contributed by atoms with Gasteiger partial charge in [-0.3, -0.25) is 0 Å². The lowest BCUT2D eigenvalue weighted by molar-refractivity contribution is 0.620. The highest BCUT2D eigenvalue weighted by Gasteiger charge is 2.24. The van der Waals surface area contributed by atoms with E-state index in [0.29, 0.717) is 5.52 Å². The van der Waals surface area contributed by atoms with E-state index in [1.54, 1.807) is 6.07 Å². The number of benzene rings is 2. The molecule has 1 aliphatic heterocycles. The number of aromatic nitrogens is 2. The summed E-state index contributed by atoms with van der Waals surface area (Å²) in [4.78, 5) is 4.56. The SMILES string of the molecule is Cn1c(C2CNc3ccccc3C2)nc2c(F)cccc21. The second-order valence-corrected chi connectivity index (χ2v) is 5.58. The number of para-hydroxylation sites is 2. The van der Waals surface area contributed by atoms with E-state index in [2.05, 4.69) is 28.5 Å². The summed E-state index contributed by atoms with van der Waals surface area (Å²) in [7, 11) is 1.96. The first-order valence-electron chi connectivity index (χ1n) is 7.16. The molecule has 0 amide bonds. The number of nitrogens with zero attached hydrogens (tertiary/aromatic N) is 2. The minimum absolute atomic E-state index is 0.251. The van der Waals surface area contributed by atoms with Crippen molar-refractivity contribution in [3.05, 3.63) is 59.7 Å². The third kappa shape index (κ3) is 1.90. The van der Waals surface area contributed by atoms with Crippen molar-refractivity contribution in [1.29, 1.82) is 0 Å². The van der Waals surface area contributed by atoms with Crippen LogP contribution in [0.2, 0.25) is 0 Å². The van der Waals surface area contributed by atoms with Crippen molar-refractivity contribution < 1.29 is 4.39 Å². The second-order valence-electron chi connectivity index (χ2n) is 5.58. The predicted octanol–water partition coefficient (Wildman–Crippen LogP) is 3.46. The van der Waals surface area contributed by atoms with Crippen LogP contribution in [0.3, 0.4) is 0 Å². The van der Waals surface area contributed by atoms with Gasteiger partial charge in [-0.25, -0.2) is 9.37 Å². The topological polar surface area (TPSA) is 29.9 Å². The van der Waals surface area contributed by atoms with Gasteiger partial charge in [0.2, 0.25) is 0 Å². The lowest BCUT2D eigenvalue weighted by Crippen LogP contribution is -2.23. The number of anilines is 1. The number of nitrogens with one attached hydrogen (secondary N) is 1. The number of aryl methyl sites for hydroxylation is 1. The van der Waals surface area contributed by atoms with E-state index in [1.165, 1.54) is 17.3 Å². The van der Waals surface area contributed by atoms with Crippen LogP contribution in [0.25, 0.3) is 11.0 Å². The van der Waals surface area contributed by atoms with Crippen molar-refractivity contribution in [2.75, 3.05) is 11.9 Å². The van der Waals surface area contributed by atoms with Crippen LogP contribution >= 0.6 is 0 Å². The number of imidazole rings is 1. The molecule has 1 aliphatic rings. The summed E-state index contributed by atoms with van der Waals surface area (Å²) in [6.45, 7) is 0.829. The van der Waals surface area contributed by atoms with Crippen LogP contribution in [-0.4, -0.2) is 16.1 Å². The molecule has 1 unspecified atom stereocenters. The van der Waals surface area contributed by atoms with Crippen molar-refractivity contribution in [1.82, 2.24) is 9.55 Å². The molecular formula is C17H16FN3. The van der Waals surface area contributed by atoms with E-state index in [0.717, 1.165) is 24.3 Å². The maximum atomic E-state index is 13.9. The number of rotatable bonds is 1. The Labute approximate surface area is 122 Å². The monoisotopic (exact) mass is 281 g/mol. The summed E-state index contributed by atoms with van der Waals surface area (Å²) >= 11 is 0. The number of fused-ring (bicyclic) bond motifs is 2. The van der Waals surface area contributed by atoms with Gasteiger partial charge in [-0.15, -0.1) is 0 Å². The minimum Gasteiger partial charge on any atom is -0.384 e. The molecule has 0 saturated heterocycles. The lowest BCUT2D eigenvalue weighted by atomic mass is 9.93. The summed E-state index contributed by atoms with van der Waals surface area (Å²) in [5.74, 6) is 0.951. The zero-order chi connectivity index (χ0) is 14.4. The highest BCUT2D eigenvalue weighted by atomic mass is 19.1. The largest absolute Gasteiger partial charge is 0.384 e. The molecule has 0 spiro atoms. The van der Waals surface area contributed by atoms with E-state index in [1.807, 2.05) is 23.7 Å². The van der Waals surface area contributed by atoms with Gasteiger partial charge < -0.3 is 9.88 Å². The van der Waals surface area contributed by atoms with Crippen molar-refractivity contribution in [3.8, 4) is 0 Å². The molecule has 1 N–H and O–H groups in total. The van der Waals surface area contributed by atoms with E-state index in [9.17, 15) is 4.39 Å². The zero-order valence-electron chi connectivity index (χ0n) is 11.8. The minimum atomic E-state index is -0.251. The molecule has 3 nitrogen and oxygen atoms in total. The Morgan fingerprint density at radius 2 is 2.05 bits per heavy atom. The first-order valence-corrected chi connectivity index (χ1v) is 7.16. The summed E-state index contributed by atoms with van der Waals surface area (Å²) < 4.78 is 15.9. The normalized spacial score (nSPS) is 17.5. The third-order valence-corrected chi connectivity index (χ3v) is 4.28. The Bertz CT molecular complexity index is 822. The Kier molecular flexibility index (Phi) is 2.70. The van der Waals surface area contributed by atoms with Gasteiger partial charge in [0.05, 0.1) is 5.52 Å². The third-order valence-electron chi connectivity index (χ3n) is 4.28. The van der Waals surface area contributed by atoms with Gasteiger partial charge in [0, 0.05) is 25.2 Å². The molecule has 1 aromatic heterocycles. The maximum Gasteiger partial charge on any atom is 0.151 e. The fraction of sp³-hybridized carbons (Fsp3) is 0.235. The molecule has 2 heterocycles. The number of hydrogen-bond donors (Lipinski definition) is 1. The molecule has 0 fully saturated rings. The van der Waals surface area contributed by atoms with Crippen molar-refractivity contribution >= 4 is 16.7 Å². The predicted molar refractivity (Wildman–Crippen MR) is 82.0 cm³/mol. The van der Waals surface area contributed by atoms with Gasteiger partial charge in [0.15, 0.2) is 5.82 Å². The zero-order valence-corrected chi connectivity index (χ0v) is 11.8. The summed E-state index contributed by atoms with van der Waals surface area (Å²) in [6, 6.07) is 13.4. The van der Waals surface area contributed by atoms with Crippen LogP contribution < -0.4 is 5.32 Å². The molecule has 0 saturated carbocycles. The number of halogens is 1. The maximum absolute atomic E-state index is 13.9. The number of hydrogen-bond acceptors (Lipinski definition) is 2. The fourth-order valence-electron chi connectivity index (χ4n) is 3.19.